The molecule has 1 aliphatic carbocycles. The number of nitrogens with zero attached hydrogens (tertiary/aromatic N) is 2. The monoisotopic (exact) mass is 416 g/mol. The Bertz CT molecular complexity index is 1090. The Morgan fingerprint density at radius 1 is 0.750 bits per heavy atom. The topological polar surface area (TPSA) is 74.8 Å². The number of hydrogen-bond acceptors (Lipinski definition) is 5. The van der Waals surface area contributed by atoms with E-state index < -0.39 is 10.0 Å². The molecule has 0 aromatic heterocycles. The number of allylic oxidation sites excluding steroid dienone is 2. The lowest BCUT2D eigenvalue weighted by Crippen LogP contribution is -2.49. The average molecular weight is 417 g/mol. The molecule has 0 N–H and O–H groups in total. The summed E-state index contributed by atoms with van der Waals surface area (Å²) in [6.45, 7) is 0.958. The van der Waals surface area contributed by atoms with Crippen LogP contribution in [0.5, 0.6) is 0 Å². The average Bonchev–Trinajstić information content (AvgIpc) is 2.73. The molecule has 2 aliphatic rings. The molecular formula is C20H17ClN2O4S. The van der Waals surface area contributed by atoms with Crippen LogP contribution in [0.4, 0.5) is 0 Å². The van der Waals surface area contributed by atoms with Crippen molar-refractivity contribution in [3.05, 3.63) is 76.5 Å². The minimum Gasteiger partial charge on any atom is -0.364 e. The minimum atomic E-state index is -3.60. The van der Waals surface area contributed by atoms with E-state index in [1.54, 1.807) is 59.5 Å². The fraction of sp³-hybridized carbons (Fsp3) is 0.200. The van der Waals surface area contributed by atoms with E-state index in [2.05, 4.69) is 0 Å². The molecule has 8 heteroatoms. The fourth-order valence-corrected chi connectivity index (χ4v) is 5.26. The van der Waals surface area contributed by atoms with Gasteiger partial charge < -0.3 is 4.90 Å². The molecule has 0 radical (unpaired) electrons. The van der Waals surface area contributed by atoms with Gasteiger partial charge in [0.1, 0.15) is 10.7 Å². The van der Waals surface area contributed by atoms with Gasteiger partial charge in [-0.25, -0.2) is 8.42 Å². The van der Waals surface area contributed by atoms with Crippen LogP contribution in [-0.4, -0.2) is 55.4 Å². The SMILES string of the molecule is O=C1C(Cl)=C(N2CCN(S(=O)(=O)c3ccccc3)CC2)C(=O)c2ccccc21. The third-order valence-electron chi connectivity index (χ3n) is 4.97. The van der Waals surface area contributed by atoms with Gasteiger partial charge in [0, 0.05) is 37.3 Å². The van der Waals surface area contributed by atoms with E-state index in [0.29, 0.717) is 11.1 Å². The number of halogens is 1. The number of piperazine rings is 1. The number of carbonyl (C=O) groups excluding carboxylic acids is 2. The van der Waals surface area contributed by atoms with Crippen LogP contribution in [0.2, 0.25) is 0 Å². The van der Waals surface area contributed by atoms with Crippen molar-refractivity contribution in [1.29, 1.82) is 0 Å². The maximum Gasteiger partial charge on any atom is 0.243 e. The molecule has 0 bridgehead atoms. The zero-order valence-corrected chi connectivity index (χ0v) is 16.4. The lowest BCUT2D eigenvalue weighted by atomic mass is 9.91. The zero-order chi connectivity index (χ0) is 19.9. The normalized spacial score (nSPS) is 18.4. The van der Waals surface area contributed by atoms with Crippen LogP contribution in [0.15, 0.2) is 70.2 Å². The van der Waals surface area contributed by atoms with Crippen LogP contribution in [0, 0.1) is 0 Å². The summed E-state index contributed by atoms with van der Waals surface area (Å²) < 4.78 is 26.9. The zero-order valence-electron chi connectivity index (χ0n) is 14.8. The number of fused-ring (bicyclic) bond motifs is 1. The summed E-state index contributed by atoms with van der Waals surface area (Å²) in [5.41, 5.74) is 0.778. The van der Waals surface area contributed by atoms with Gasteiger partial charge in [-0.1, -0.05) is 54.1 Å². The predicted molar refractivity (Wildman–Crippen MR) is 105 cm³/mol. The number of sulfonamides is 1. The van der Waals surface area contributed by atoms with Gasteiger partial charge in [-0.05, 0) is 12.1 Å². The van der Waals surface area contributed by atoms with E-state index in [-0.39, 0.29) is 53.4 Å². The Morgan fingerprint density at radius 3 is 1.89 bits per heavy atom. The first-order valence-corrected chi connectivity index (χ1v) is 10.6. The number of benzene rings is 2. The van der Waals surface area contributed by atoms with Gasteiger partial charge in [-0.2, -0.15) is 4.31 Å². The lowest BCUT2D eigenvalue weighted by Gasteiger charge is -2.37. The maximum atomic E-state index is 12.9. The summed E-state index contributed by atoms with van der Waals surface area (Å²) in [5, 5.41) is -0.108. The van der Waals surface area contributed by atoms with E-state index in [0.717, 1.165) is 0 Å². The van der Waals surface area contributed by atoms with Gasteiger partial charge in [0.05, 0.1) is 4.90 Å². The quantitative estimate of drug-likeness (QED) is 0.768. The molecule has 6 nitrogen and oxygen atoms in total. The van der Waals surface area contributed by atoms with Crippen molar-refractivity contribution >= 4 is 33.2 Å². The van der Waals surface area contributed by atoms with Gasteiger partial charge in [-0.3, -0.25) is 9.59 Å². The summed E-state index contributed by atoms with van der Waals surface area (Å²) in [6.07, 6.45) is 0. The summed E-state index contributed by atoms with van der Waals surface area (Å²) in [7, 11) is -3.60. The molecular weight excluding hydrogens is 400 g/mol. The third kappa shape index (κ3) is 3.05. The van der Waals surface area contributed by atoms with Crippen molar-refractivity contribution in [2.75, 3.05) is 26.2 Å². The molecule has 1 saturated heterocycles. The molecule has 4 rings (SSSR count). The second kappa shape index (κ2) is 7.16. The molecule has 28 heavy (non-hydrogen) atoms. The van der Waals surface area contributed by atoms with Crippen LogP contribution >= 0.6 is 11.6 Å². The molecule has 1 heterocycles. The first-order valence-electron chi connectivity index (χ1n) is 8.79. The van der Waals surface area contributed by atoms with Crippen LogP contribution < -0.4 is 0 Å². The van der Waals surface area contributed by atoms with E-state index in [1.165, 1.54) is 4.31 Å². The Morgan fingerprint density at radius 2 is 1.29 bits per heavy atom. The van der Waals surface area contributed by atoms with E-state index in [9.17, 15) is 18.0 Å². The molecule has 0 spiro atoms. The summed E-state index contributed by atoms with van der Waals surface area (Å²) in [4.78, 5) is 27.4. The molecule has 1 fully saturated rings. The molecule has 1 aliphatic heterocycles. The lowest BCUT2D eigenvalue weighted by molar-refractivity contribution is 0.0933. The van der Waals surface area contributed by atoms with Crippen molar-refractivity contribution < 1.29 is 18.0 Å². The largest absolute Gasteiger partial charge is 0.364 e. The van der Waals surface area contributed by atoms with Crippen molar-refractivity contribution in [3.63, 3.8) is 0 Å². The molecule has 0 saturated carbocycles. The summed E-state index contributed by atoms with van der Waals surface area (Å²) in [5.74, 6) is -0.689. The van der Waals surface area contributed by atoms with Crippen molar-refractivity contribution in [2.24, 2.45) is 0 Å². The van der Waals surface area contributed by atoms with Crippen LogP contribution in [0.25, 0.3) is 0 Å². The Kier molecular flexibility index (Phi) is 4.82. The van der Waals surface area contributed by atoms with E-state index >= 15 is 0 Å². The highest BCUT2D eigenvalue weighted by atomic mass is 35.5. The smallest absolute Gasteiger partial charge is 0.243 e. The fourth-order valence-electron chi connectivity index (χ4n) is 3.51. The van der Waals surface area contributed by atoms with Crippen molar-refractivity contribution in [3.8, 4) is 0 Å². The minimum absolute atomic E-state index is 0.108. The number of rotatable bonds is 3. The van der Waals surface area contributed by atoms with Gasteiger partial charge in [0.25, 0.3) is 0 Å². The molecule has 0 amide bonds. The molecule has 0 unspecified atom stereocenters. The third-order valence-corrected chi connectivity index (χ3v) is 7.24. The van der Waals surface area contributed by atoms with Crippen molar-refractivity contribution in [2.45, 2.75) is 4.90 Å². The Hall–Kier alpha value is -2.48. The van der Waals surface area contributed by atoms with Crippen molar-refractivity contribution in [1.82, 2.24) is 9.21 Å². The molecule has 2 aromatic carbocycles. The number of Topliss-reactive ketones (excluding diaryl/α,β-unsaturated/α-hetero) is 2. The van der Waals surface area contributed by atoms with Gasteiger partial charge in [0.15, 0.2) is 0 Å². The van der Waals surface area contributed by atoms with Gasteiger partial charge in [-0.15, -0.1) is 0 Å². The first kappa shape index (κ1) is 18.9. The molecule has 0 atom stereocenters. The predicted octanol–water partition coefficient (Wildman–Crippen LogP) is 2.52. The van der Waals surface area contributed by atoms with Gasteiger partial charge in [0.2, 0.25) is 21.6 Å². The van der Waals surface area contributed by atoms with Gasteiger partial charge >= 0.3 is 0 Å². The van der Waals surface area contributed by atoms with E-state index in [4.69, 9.17) is 11.6 Å². The maximum absolute atomic E-state index is 12.9. The molecule has 144 valence electrons. The second-order valence-corrected chi connectivity index (χ2v) is 8.89. The summed E-state index contributed by atoms with van der Waals surface area (Å²) in [6, 6.07) is 14.8. The first-order chi connectivity index (χ1) is 13.4. The Balaban J connectivity index is 1.57. The molecule has 2 aromatic rings. The number of hydrogen-bond donors (Lipinski definition) is 0. The highest BCUT2D eigenvalue weighted by Crippen LogP contribution is 2.31. The van der Waals surface area contributed by atoms with Crippen LogP contribution in [0.3, 0.4) is 0 Å². The van der Waals surface area contributed by atoms with E-state index in [1.807, 2.05) is 0 Å². The number of carbonyl (C=O) groups is 2. The Labute approximate surface area is 168 Å². The highest BCUT2D eigenvalue weighted by Gasteiger charge is 2.37. The van der Waals surface area contributed by atoms with Crippen LogP contribution in [0.1, 0.15) is 20.7 Å². The summed E-state index contributed by atoms with van der Waals surface area (Å²) >= 11 is 6.25. The highest BCUT2D eigenvalue weighted by molar-refractivity contribution is 7.89. The van der Waals surface area contributed by atoms with Crippen LogP contribution in [-0.2, 0) is 10.0 Å². The standard InChI is InChI=1S/C20H17ClN2O4S/c21-17-18(20(25)16-9-5-4-8-15(16)19(17)24)22-10-12-23(13-11-22)28(26,27)14-6-2-1-3-7-14/h1-9H,10-13H2. The second-order valence-electron chi connectivity index (χ2n) is 6.57. The number of ketones is 2.